The fourth-order valence-corrected chi connectivity index (χ4v) is 3.23. The molecule has 1 fully saturated rings. The Morgan fingerprint density at radius 2 is 2.28 bits per heavy atom. The topological polar surface area (TPSA) is 99.8 Å². The number of ketones is 1. The second-order valence-electron chi connectivity index (χ2n) is 6.04. The zero-order valence-corrected chi connectivity index (χ0v) is 13.7. The van der Waals surface area contributed by atoms with Crippen molar-refractivity contribution in [1.29, 1.82) is 5.26 Å². The van der Waals surface area contributed by atoms with Crippen LogP contribution in [0.2, 0.25) is 5.02 Å². The minimum Gasteiger partial charge on any atom is -0.469 e. The first-order valence-electron chi connectivity index (χ1n) is 7.74. The Hall–Kier alpha value is -2.91. The number of carbonyl (C=O) groups is 1. The number of aromatic amines is 1. The van der Waals surface area contributed by atoms with Gasteiger partial charge in [0.2, 0.25) is 0 Å². The summed E-state index contributed by atoms with van der Waals surface area (Å²) in [5.41, 5.74) is -0.0409. The van der Waals surface area contributed by atoms with Crippen LogP contribution in [0.4, 0.5) is 0 Å². The molecule has 3 atom stereocenters. The van der Waals surface area contributed by atoms with Gasteiger partial charge in [-0.15, -0.1) is 0 Å². The van der Waals surface area contributed by atoms with Crippen molar-refractivity contribution in [1.82, 2.24) is 9.97 Å². The van der Waals surface area contributed by atoms with Gasteiger partial charge >= 0.3 is 0 Å². The van der Waals surface area contributed by atoms with E-state index in [0.717, 1.165) is 5.76 Å². The number of furan rings is 1. The molecule has 2 aromatic heterocycles. The highest BCUT2D eigenvalue weighted by Gasteiger charge is 2.48. The molecule has 6 nitrogen and oxygen atoms in total. The molecule has 0 amide bonds. The molecule has 3 unspecified atom stereocenters. The summed E-state index contributed by atoms with van der Waals surface area (Å²) in [5.74, 6) is -0.898. The van der Waals surface area contributed by atoms with Gasteiger partial charge in [-0.1, -0.05) is 11.6 Å². The third-order valence-electron chi connectivity index (χ3n) is 4.44. The zero-order chi connectivity index (χ0) is 17.6. The van der Waals surface area contributed by atoms with Crippen LogP contribution in [0.25, 0.3) is 10.9 Å². The number of rotatable bonds is 4. The summed E-state index contributed by atoms with van der Waals surface area (Å²) < 4.78 is 5.32. The molecule has 1 aliphatic rings. The fourth-order valence-electron chi connectivity index (χ4n) is 3.07. The van der Waals surface area contributed by atoms with Crippen LogP contribution in [0.15, 0.2) is 45.8 Å². The number of benzene rings is 1. The lowest BCUT2D eigenvalue weighted by atomic mass is 9.99. The molecule has 0 spiro atoms. The number of hydrogen-bond donors (Lipinski definition) is 1. The maximum Gasteiger partial charge on any atom is 0.258 e. The number of Topliss-reactive ketones (excluding diaryl/α,β-unsaturated/α-hetero) is 1. The highest BCUT2D eigenvalue weighted by Crippen LogP contribution is 2.50. The number of carbonyl (C=O) groups excluding carboxylic acids is 1. The largest absolute Gasteiger partial charge is 0.469 e. The second-order valence-corrected chi connectivity index (χ2v) is 6.48. The highest BCUT2D eigenvalue weighted by atomic mass is 35.5. The van der Waals surface area contributed by atoms with E-state index < -0.39 is 11.5 Å². The minimum atomic E-state index is -1.12. The van der Waals surface area contributed by atoms with Crippen molar-refractivity contribution in [3.05, 3.63) is 63.6 Å². The molecule has 0 radical (unpaired) electrons. The van der Waals surface area contributed by atoms with Crippen LogP contribution in [0.3, 0.4) is 0 Å². The maximum atomic E-state index is 12.7. The first-order chi connectivity index (χ1) is 12.1. The summed E-state index contributed by atoms with van der Waals surface area (Å²) >= 11 is 5.94. The van der Waals surface area contributed by atoms with Gasteiger partial charge in [0.1, 0.15) is 11.6 Å². The Balaban J connectivity index is 1.68. The van der Waals surface area contributed by atoms with E-state index in [1.807, 2.05) is 12.1 Å². The van der Waals surface area contributed by atoms with Gasteiger partial charge in [-0.05, 0) is 36.8 Å². The second kappa shape index (κ2) is 5.87. The standard InChI is InChI=1S/C18H12ClN3O3/c19-9-3-4-10-14(6-9)21-17(22-18(10)24)13(8-20)16(23)12-7-11(12)15-2-1-5-25-15/h1-6,11-13H,7H2,(H,21,22,24). The van der Waals surface area contributed by atoms with Crippen molar-refractivity contribution in [2.75, 3.05) is 0 Å². The normalized spacial score (nSPS) is 20.2. The lowest BCUT2D eigenvalue weighted by Crippen LogP contribution is -2.21. The molecule has 2 heterocycles. The SMILES string of the molecule is N#CC(C(=O)C1CC1c1ccco1)c1nc2cc(Cl)ccc2c(=O)[nH]1. The average molecular weight is 354 g/mol. The van der Waals surface area contributed by atoms with Gasteiger partial charge in [-0.25, -0.2) is 4.98 Å². The van der Waals surface area contributed by atoms with Gasteiger partial charge in [0, 0.05) is 16.9 Å². The molecule has 4 rings (SSSR count). The first-order valence-corrected chi connectivity index (χ1v) is 8.12. The van der Waals surface area contributed by atoms with E-state index in [1.54, 1.807) is 24.5 Å². The molecule has 0 aliphatic heterocycles. The molecule has 7 heteroatoms. The van der Waals surface area contributed by atoms with Crippen molar-refractivity contribution in [2.45, 2.75) is 18.3 Å². The highest BCUT2D eigenvalue weighted by molar-refractivity contribution is 6.31. The minimum absolute atomic E-state index is 0.0139. The molecular formula is C18H12ClN3O3. The summed E-state index contributed by atoms with van der Waals surface area (Å²) in [4.78, 5) is 31.8. The molecule has 25 heavy (non-hydrogen) atoms. The number of nitriles is 1. The molecule has 1 aromatic carbocycles. The first kappa shape index (κ1) is 15.6. The van der Waals surface area contributed by atoms with Crippen LogP contribution in [-0.2, 0) is 4.79 Å². The van der Waals surface area contributed by atoms with E-state index in [0.29, 0.717) is 22.3 Å². The summed E-state index contributed by atoms with van der Waals surface area (Å²) in [6.45, 7) is 0. The van der Waals surface area contributed by atoms with Crippen molar-refractivity contribution >= 4 is 28.3 Å². The van der Waals surface area contributed by atoms with Gasteiger partial charge in [0.05, 0.1) is 23.2 Å². The van der Waals surface area contributed by atoms with Crippen LogP contribution in [0, 0.1) is 17.2 Å². The molecular weight excluding hydrogens is 342 g/mol. The molecule has 1 aliphatic carbocycles. The Morgan fingerprint density at radius 3 is 3.00 bits per heavy atom. The van der Waals surface area contributed by atoms with Crippen molar-refractivity contribution in [2.24, 2.45) is 5.92 Å². The van der Waals surface area contributed by atoms with Gasteiger partial charge in [0.25, 0.3) is 5.56 Å². The molecule has 124 valence electrons. The molecule has 3 aromatic rings. The van der Waals surface area contributed by atoms with Crippen LogP contribution >= 0.6 is 11.6 Å². The van der Waals surface area contributed by atoms with Gasteiger partial charge < -0.3 is 9.40 Å². The van der Waals surface area contributed by atoms with E-state index in [9.17, 15) is 14.9 Å². The summed E-state index contributed by atoms with van der Waals surface area (Å²) in [7, 11) is 0. The van der Waals surface area contributed by atoms with Crippen molar-refractivity contribution in [3.8, 4) is 6.07 Å². The number of aromatic nitrogens is 2. The smallest absolute Gasteiger partial charge is 0.258 e. The van der Waals surface area contributed by atoms with E-state index in [-0.39, 0.29) is 23.4 Å². The number of nitrogens with zero attached hydrogens (tertiary/aromatic N) is 2. The Labute approximate surface area is 147 Å². The van der Waals surface area contributed by atoms with E-state index in [1.165, 1.54) is 6.07 Å². The van der Waals surface area contributed by atoms with Crippen molar-refractivity contribution < 1.29 is 9.21 Å². The van der Waals surface area contributed by atoms with Crippen LogP contribution in [0.1, 0.15) is 29.8 Å². The Kier molecular flexibility index (Phi) is 3.66. The third-order valence-corrected chi connectivity index (χ3v) is 4.67. The summed E-state index contributed by atoms with van der Waals surface area (Å²) in [5, 5.41) is 10.3. The summed E-state index contributed by atoms with van der Waals surface area (Å²) in [6.07, 6.45) is 2.19. The van der Waals surface area contributed by atoms with Gasteiger partial charge in [0.15, 0.2) is 11.7 Å². The van der Waals surface area contributed by atoms with E-state index in [4.69, 9.17) is 16.0 Å². The monoisotopic (exact) mass is 353 g/mol. The number of fused-ring (bicyclic) bond motifs is 1. The molecule has 1 N–H and O–H groups in total. The lowest BCUT2D eigenvalue weighted by Gasteiger charge is -2.08. The quantitative estimate of drug-likeness (QED) is 0.776. The predicted octanol–water partition coefficient (Wildman–Crippen LogP) is 3.15. The Bertz CT molecular complexity index is 1070. The number of halogens is 1. The van der Waals surface area contributed by atoms with Crippen molar-refractivity contribution in [3.63, 3.8) is 0 Å². The number of hydrogen-bond acceptors (Lipinski definition) is 5. The van der Waals surface area contributed by atoms with E-state index in [2.05, 4.69) is 9.97 Å². The fraction of sp³-hybridized carbons (Fsp3) is 0.222. The lowest BCUT2D eigenvalue weighted by molar-refractivity contribution is -0.120. The maximum absolute atomic E-state index is 12.7. The van der Waals surface area contributed by atoms with Crippen LogP contribution in [0.5, 0.6) is 0 Å². The molecule has 0 saturated heterocycles. The Morgan fingerprint density at radius 1 is 1.44 bits per heavy atom. The van der Waals surface area contributed by atoms with Gasteiger partial charge in [-0.3, -0.25) is 9.59 Å². The zero-order valence-electron chi connectivity index (χ0n) is 12.9. The van der Waals surface area contributed by atoms with Crippen LogP contribution in [-0.4, -0.2) is 15.8 Å². The average Bonchev–Trinajstić information content (AvgIpc) is 3.20. The molecule has 0 bridgehead atoms. The predicted molar refractivity (Wildman–Crippen MR) is 90.3 cm³/mol. The van der Waals surface area contributed by atoms with Crippen LogP contribution < -0.4 is 5.56 Å². The van der Waals surface area contributed by atoms with Gasteiger partial charge in [-0.2, -0.15) is 5.26 Å². The number of nitrogens with one attached hydrogen (secondary N) is 1. The number of H-pyrrole nitrogens is 1. The third kappa shape index (κ3) is 2.73. The summed E-state index contributed by atoms with van der Waals surface area (Å²) in [6, 6.07) is 10.2. The van der Waals surface area contributed by atoms with E-state index >= 15 is 0 Å². The molecule has 1 saturated carbocycles.